The summed E-state index contributed by atoms with van der Waals surface area (Å²) in [5.41, 5.74) is 0.983. The van der Waals surface area contributed by atoms with Gasteiger partial charge in [0.2, 0.25) is 6.79 Å². The van der Waals surface area contributed by atoms with Crippen molar-refractivity contribution in [3.05, 3.63) is 47.9 Å². The predicted molar refractivity (Wildman–Crippen MR) is 92.6 cm³/mol. The number of amides is 2. The van der Waals surface area contributed by atoms with Gasteiger partial charge in [0.25, 0.3) is 0 Å². The maximum atomic E-state index is 12.4. The van der Waals surface area contributed by atoms with Gasteiger partial charge in [0.15, 0.2) is 11.5 Å². The van der Waals surface area contributed by atoms with Crippen LogP contribution in [0.25, 0.3) is 0 Å². The number of likely N-dealkylation sites (N-methyl/N-ethyl adjacent to an activating group) is 1. The Bertz CT molecular complexity index is 715. The monoisotopic (exact) mass is 345 g/mol. The highest BCUT2D eigenvalue weighted by atomic mass is 16.7. The lowest BCUT2D eigenvalue weighted by atomic mass is 10.2. The number of nitrogens with zero attached hydrogens (tertiary/aromatic N) is 2. The lowest BCUT2D eigenvalue weighted by Gasteiger charge is -2.24. The minimum Gasteiger partial charge on any atom is -0.468 e. The Morgan fingerprint density at radius 2 is 2.00 bits per heavy atom. The molecule has 2 aromatic rings. The van der Waals surface area contributed by atoms with Crippen molar-refractivity contribution in [2.75, 3.05) is 34.5 Å². The van der Waals surface area contributed by atoms with Crippen molar-refractivity contribution in [1.29, 1.82) is 0 Å². The van der Waals surface area contributed by atoms with Crippen LogP contribution in [0.3, 0.4) is 0 Å². The molecule has 25 heavy (non-hydrogen) atoms. The lowest BCUT2D eigenvalue weighted by Crippen LogP contribution is -2.41. The Balaban J connectivity index is 1.55. The van der Waals surface area contributed by atoms with Crippen molar-refractivity contribution in [3.63, 3.8) is 0 Å². The van der Waals surface area contributed by atoms with Crippen molar-refractivity contribution in [2.45, 2.75) is 12.6 Å². The average Bonchev–Trinajstić information content (AvgIpc) is 3.25. The molecule has 0 saturated heterocycles. The van der Waals surface area contributed by atoms with E-state index in [0.717, 1.165) is 22.8 Å². The highest BCUT2D eigenvalue weighted by Gasteiger charge is 2.19. The molecule has 1 aromatic heterocycles. The Hall–Kier alpha value is -2.67. The molecule has 1 unspecified atom stereocenters. The summed E-state index contributed by atoms with van der Waals surface area (Å²) in [4.78, 5) is 16.0. The van der Waals surface area contributed by atoms with Gasteiger partial charge < -0.3 is 24.1 Å². The van der Waals surface area contributed by atoms with Crippen LogP contribution in [0.15, 0.2) is 41.0 Å². The van der Waals surface area contributed by atoms with E-state index in [1.165, 1.54) is 0 Å². The van der Waals surface area contributed by atoms with Crippen LogP contribution >= 0.6 is 0 Å². The maximum absolute atomic E-state index is 12.4. The summed E-state index contributed by atoms with van der Waals surface area (Å²) >= 11 is 0. The summed E-state index contributed by atoms with van der Waals surface area (Å²) in [5.74, 6) is 2.28. The van der Waals surface area contributed by atoms with E-state index in [1.54, 1.807) is 18.2 Å². The summed E-state index contributed by atoms with van der Waals surface area (Å²) in [6, 6.07) is 9.30. The Labute approximate surface area is 147 Å². The first-order chi connectivity index (χ1) is 12.0. The molecule has 1 N–H and O–H groups in total. The van der Waals surface area contributed by atoms with E-state index in [4.69, 9.17) is 13.9 Å². The van der Waals surface area contributed by atoms with E-state index in [1.807, 2.05) is 49.3 Å². The minimum atomic E-state index is -0.143. The van der Waals surface area contributed by atoms with Crippen molar-refractivity contribution in [2.24, 2.45) is 0 Å². The molecule has 2 amide bonds. The van der Waals surface area contributed by atoms with Crippen LogP contribution in [0.5, 0.6) is 11.5 Å². The third kappa shape index (κ3) is 4.06. The SMILES string of the molecule is CN(Cc1ccc2c(c1)OCO2)C(=O)NCC(c1ccco1)N(C)C. The number of hydrogen-bond acceptors (Lipinski definition) is 5. The number of nitrogens with one attached hydrogen (secondary N) is 1. The van der Waals surface area contributed by atoms with Crippen LogP contribution in [-0.2, 0) is 6.54 Å². The molecule has 0 aliphatic carbocycles. The van der Waals surface area contributed by atoms with Crippen LogP contribution < -0.4 is 14.8 Å². The third-order valence-electron chi connectivity index (χ3n) is 4.15. The van der Waals surface area contributed by atoms with E-state index in [0.29, 0.717) is 13.1 Å². The molecule has 2 heterocycles. The van der Waals surface area contributed by atoms with Crippen LogP contribution in [0.2, 0.25) is 0 Å². The highest BCUT2D eigenvalue weighted by Crippen LogP contribution is 2.32. The van der Waals surface area contributed by atoms with Gasteiger partial charge >= 0.3 is 6.03 Å². The van der Waals surface area contributed by atoms with Crippen LogP contribution in [0.4, 0.5) is 4.79 Å². The number of furan rings is 1. The quantitative estimate of drug-likeness (QED) is 0.871. The smallest absolute Gasteiger partial charge is 0.317 e. The van der Waals surface area contributed by atoms with Gasteiger partial charge in [-0.05, 0) is 43.9 Å². The minimum absolute atomic E-state index is 0.0158. The van der Waals surface area contributed by atoms with Crippen molar-refractivity contribution in [1.82, 2.24) is 15.1 Å². The molecule has 7 nitrogen and oxygen atoms in total. The van der Waals surface area contributed by atoms with Crippen molar-refractivity contribution >= 4 is 6.03 Å². The highest BCUT2D eigenvalue weighted by molar-refractivity contribution is 5.73. The Kier molecular flexibility index (Phi) is 5.14. The first-order valence-electron chi connectivity index (χ1n) is 8.12. The predicted octanol–water partition coefficient (Wildman–Crippen LogP) is 2.45. The van der Waals surface area contributed by atoms with E-state index in [2.05, 4.69) is 5.32 Å². The summed E-state index contributed by atoms with van der Waals surface area (Å²) in [6.07, 6.45) is 1.64. The van der Waals surface area contributed by atoms with E-state index < -0.39 is 0 Å². The molecule has 0 radical (unpaired) electrons. The van der Waals surface area contributed by atoms with Gasteiger partial charge in [-0.25, -0.2) is 4.79 Å². The van der Waals surface area contributed by atoms with Gasteiger partial charge in [0, 0.05) is 20.1 Å². The summed E-state index contributed by atoms with van der Waals surface area (Å²) in [5, 5.41) is 2.95. The first kappa shape index (κ1) is 17.2. The second-order valence-electron chi connectivity index (χ2n) is 6.22. The standard InChI is InChI=1S/C18H23N3O4/c1-20(2)14(15-5-4-8-23-15)10-19-18(22)21(3)11-13-6-7-16-17(9-13)25-12-24-16/h4-9,14H,10-12H2,1-3H3,(H,19,22). The fraction of sp³-hybridized carbons (Fsp3) is 0.389. The largest absolute Gasteiger partial charge is 0.468 e. The molecule has 1 aliphatic heterocycles. The normalized spacial score (nSPS) is 13.8. The summed E-state index contributed by atoms with van der Waals surface area (Å²) in [6.45, 7) is 1.19. The molecule has 3 rings (SSSR count). The number of fused-ring (bicyclic) bond motifs is 1. The average molecular weight is 345 g/mol. The van der Waals surface area contributed by atoms with E-state index in [-0.39, 0.29) is 18.9 Å². The molecule has 1 aliphatic rings. The fourth-order valence-electron chi connectivity index (χ4n) is 2.72. The van der Waals surface area contributed by atoms with Crippen molar-refractivity contribution < 1.29 is 18.7 Å². The van der Waals surface area contributed by atoms with E-state index in [9.17, 15) is 4.79 Å². The molecule has 0 fully saturated rings. The van der Waals surface area contributed by atoms with Crippen LogP contribution in [0.1, 0.15) is 17.4 Å². The van der Waals surface area contributed by atoms with Crippen LogP contribution in [0, 0.1) is 0 Å². The second kappa shape index (κ2) is 7.48. The van der Waals surface area contributed by atoms with Gasteiger partial charge in [-0.1, -0.05) is 6.07 Å². The molecular weight excluding hydrogens is 322 g/mol. The van der Waals surface area contributed by atoms with Gasteiger partial charge in [-0.2, -0.15) is 0 Å². The maximum Gasteiger partial charge on any atom is 0.317 e. The van der Waals surface area contributed by atoms with Crippen LogP contribution in [-0.4, -0.2) is 50.3 Å². The third-order valence-corrected chi connectivity index (χ3v) is 4.15. The van der Waals surface area contributed by atoms with Gasteiger partial charge in [-0.3, -0.25) is 4.90 Å². The first-order valence-corrected chi connectivity index (χ1v) is 8.12. The number of ether oxygens (including phenoxy) is 2. The molecule has 0 spiro atoms. The zero-order valence-corrected chi connectivity index (χ0v) is 14.7. The topological polar surface area (TPSA) is 67.2 Å². The lowest BCUT2D eigenvalue weighted by molar-refractivity contribution is 0.174. The number of rotatable bonds is 6. The van der Waals surface area contributed by atoms with Gasteiger partial charge in [0.1, 0.15) is 5.76 Å². The number of carbonyl (C=O) groups is 1. The zero-order valence-electron chi connectivity index (χ0n) is 14.7. The number of carbonyl (C=O) groups excluding carboxylic acids is 1. The van der Waals surface area contributed by atoms with Crippen molar-refractivity contribution in [3.8, 4) is 11.5 Å². The molecule has 1 aromatic carbocycles. The molecule has 134 valence electrons. The van der Waals surface area contributed by atoms with Gasteiger partial charge in [0.05, 0.1) is 12.3 Å². The van der Waals surface area contributed by atoms with E-state index >= 15 is 0 Å². The number of benzene rings is 1. The molecule has 0 bridgehead atoms. The Morgan fingerprint density at radius 1 is 1.20 bits per heavy atom. The molecule has 1 atom stereocenters. The second-order valence-corrected chi connectivity index (χ2v) is 6.22. The fourth-order valence-corrected chi connectivity index (χ4v) is 2.72. The number of urea groups is 1. The zero-order chi connectivity index (χ0) is 17.8. The van der Waals surface area contributed by atoms with Gasteiger partial charge in [-0.15, -0.1) is 0 Å². The molecule has 0 saturated carbocycles. The Morgan fingerprint density at radius 3 is 2.72 bits per heavy atom. The summed E-state index contributed by atoms with van der Waals surface area (Å²) in [7, 11) is 5.67. The molecule has 7 heteroatoms. The summed E-state index contributed by atoms with van der Waals surface area (Å²) < 4.78 is 16.1. The number of hydrogen-bond donors (Lipinski definition) is 1. The molecular formula is C18H23N3O4.